The Hall–Kier alpha value is -0.820. The predicted molar refractivity (Wildman–Crippen MR) is 60.3 cm³/mol. The Kier molecular flexibility index (Phi) is 2.87. The molecule has 0 aromatic heterocycles. The zero-order chi connectivity index (χ0) is 9.97. The Labute approximate surface area is 86.5 Å². The molecule has 2 rings (SSSR count). The van der Waals surface area contributed by atoms with Crippen LogP contribution in [0.2, 0.25) is 0 Å². The van der Waals surface area contributed by atoms with Crippen LogP contribution in [0.1, 0.15) is 36.9 Å². The third-order valence-electron chi connectivity index (χ3n) is 2.95. The first-order valence-corrected chi connectivity index (χ1v) is 5.55. The maximum absolute atomic E-state index is 3.59. The van der Waals surface area contributed by atoms with Crippen molar-refractivity contribution in [1.29, 1.82) is 0 Å². The van der Waals surface area contributed by atoms with Gasteiger partial charge in [-0.25, -0.2) is 0 Å². The first-order valence-electron chi connectivity index (χ1n) is 5.55. The molecule has 1 aliphatic carbocycles. The fourth-order valence-corrected chi connectivity index (χ4v) is 1.72. The molecule has 1 saturated carbocycles. The molecule has 1 nitrogen and oxygen atoms in total. The van der Waals surface area contributed by atoms with Crippen molar-refractivity contribution in [2.24, 2.45) is 5.92 Å². The van der Waals surface area contributed by atoms with Crippen LogP contribution in [-0.2, 0) is 0 Å². The molecule has 76 valence electrons. The molecule has 0 unspecified atom stereocenters. The highest BCUT2D eigenvalue weighted by Gasteiger charge is 2.21. The highest BCUT2D eigenvalue weighted by Crippen LogP contribution is 2.28. The van der Waals surface area contributed by atoms with Crippen molar-refractivity contribution < 1.29 is 0 Å². The SMILES string of the molecule is Cc1cccc([C@H](C)NCC2CC2)c1. The summed E-state index contributed by atoms with van der Waals surface area (Å²) in [5.41, 5.74) is 2.76. The highest BCUT2D eigenvalue weighted by atomic mass is 14.9. The lowest BCUT2D eigenvalue weighted by Gasteiger charge is -2.14. The summed E-state index contributed by atoms with van der Waals surface area (Å²) in [4.78, 5) is 0. The Morgan fingerprint density at radius 1 is 1.43 bits per heavy atom. The van der Waals surface area contributed by atoms with Gasteiger partial charge in [-0.15, -0.1) is 0 Å². The molecule has 1 N–H and O–H groups in total. The Balaban J connectivity index is 1.91. The molecule has 1 atom stereocenters. The van der Waals surface area contributed by atoms with Crippen molar-refractivity contribution in [2.45, 2.75) is 32.7 Å². The molecule has 0 saturated heterocycles. The van der Waals surface area contributed by atoms with E-state index in [4.69, 9.17) is 0 Å². The Morgan fingerprint density at radius 3 is 2.86 bits per heavy atom. The molecular formula is C13H19N. The smallest absolute Gasteiger partial charge is 0.0292 e. The van der Waals surface area contributed by atoms with Gasteiger partial charge in [0.15, 0.2) is 0 Å². The van der Waals surface area contributed by atoms with Crippen LogP contribution in [0.5, 0.6) is 0 Å². The number of aryl methyl sites for hydroxylation is 1. The molecule has 1 fully saturated rings. The fraction of sp³-hybridized carbons (Fsp3) is 0.538. The average molecular weight is 189 g/mol. The second kappa shape index (κ2) is 4.14. The van der Waals surface area contributed by atoms with Crippen molar-refractivity contribution in [3.63, 3.8) is 0 Å². The lowest BCUT2D eigenvalue weighted by atomic mass is 10.1. The number of hydrogen-bond acceptors (Lipinski definition) is 1. The van der Waals surface area contributed by atoms with E-state index in [-0.39, 0.29) is 0 Å². The highest BCUT2D eigenvalue weighted by molar-refractivity contribution is 5.24. The molecule has 1 aromatic carbocycles. The quantitative estimate of drug-likeness (QED) is 0.767. The van der Waals surface area contributed by atoms with Gasteiger partial charge < -0.3 is 5.32 Å². The van der Waals surface area contributed by atoms with Crippen LogP contribution in [-0.4, -0.2) is 6.54 Å². The number of rotatable bonds is 4. The monoisotopic (exact) mass is 189 g/mol. The van der Waals surface area contributed by atoms with E-state index in [2.05, 4.69) is 43.4 Å². The predicted octanol–water partition coefficient (Wildman–Crippen LogP) is 3.06. The molecule has 1 aliphatic rings. The molecule has 0 spiro atoms. The van der Waals surface area contributed by atoms with E-state index < -0.39 is 0 Å². The third kappa shape index (κ3) is 2.58. The van der Waals surface area contributed by atoms with Crippen molar-refractivity contribution in [3.05, 3.63) is 35.4 Å². The number of nitrogens with one attached hydrogen (secondary N) is 1. The summed E-state index contributed by atoms with van der Waals surface area (Å²) in [6, 6.07) is 9.26. The Bertz CT molecular complexity index is 302. The van der Waals surface area contributed by atoms with Gasteiger partial charge in [0.25, 0.3) is 0 Å². The molecule has 0 aliphatic heterocycles. The maximum Gasteiger partial charge on any atom is 0.0292 e. The molecular weight excluding hydrogens is 170 g/mol. The van der Waals surface area contributed by atoms with Crippen molar-refractivity contribution in [1.82, 2.24) is 5.32 Å². The van der Waals surface area contributed by atoms with E-state index in [1.54, 1.807) is 0 Å². The molecule has 0 radical (unpaired) electrons. The van der Waals surface area contributed by atoms with Crippen molar-refractivity contribution >= 4 is 0 Å². The van der Waals surface area contributed by atoms with Gasteiger partial charge in [0.2, 0.25) is 0 Å². The van der Waals surface area contributed by atoms with Crippen LogP contribution in [0.3, 0.4) is 0 Å². The zero-order valence-electron chi connectivity index (χ0n) is 9.09. The lowest BCUT2D eigenvalue weighted by Crippen LogP contribution is -2.21. The molecule has 14 heavy (non-hydrogen) atoms. The fourth-order valence-electron chi connectivity index (χ4n) is 1.72. The standard InChI is InChI=1S/C13H19N/c1-10-4-3-5-13(8-10)11(2)14-9-12-6-7-12/h3-5,8,11-12,14H,6-7,9H2,1-2H3/t11-/m0/s1. The lowest BCUT2D eigenvalue weighted by molar-refractivity contribution is 0.548. The van der Waals surface area contributed by atoms with Gasteiger partial charge in [0.05, 0.1) is 0 Å². The number of benzene rings is 1. The maximum atomic E-state index is 3.59. The third-order valence-corrected chi connectivity index (χ3v) is 2.95. The zero-order valence-corrected chi connectivity index (χ0v) is 9.09. The minimum absolute atomic E-state index is 0.496. The van der Waals surface area contributed by atoms with Gasteiger partial charge in [-0.3, -0.25) is 0 Å². The summed E-state index contributed by atoms with van der Waals surface area (Å²) in [6.07, 6.45) is 2.85. The minimum Gasteiger partial charge on any atom is -0.310 e. The molecule has 0 heterocycles. The van der Waals surface area contributed by atoms with Gasteiger partial charge in [-0.1, -0.05) is 29.8 Å². The number of hydrogen-bond donors (Lipinski definition) is 1. The van der Waals surface area contributed by atoms with E-state index in [0.717, 1.165) is 5.92 Å². The summed E-state index contributed by atoms with van der Waals surface area (Å²) >= 11 is 0. The average Bonchev–Trinajstić information content (AvgIpc) is 2.97. The first kappa shape index (κ1) is 9.72. The summed E-state index contributed by atoms with van der Waals surface area (Å²) in [5, 5.41) is 3.59. The summed E-state index contributed by atoms with van der Waals surface area (Å²) in [6.45, 7) is 5.59. The van der Waals surface area contributed by atoms with Gasteiger partial charge in [-0.05, 0) is 44.7 Å². The van der Waals surface area contributed by atoms with E-state index in [1.165, 1.54) is 30.5 Å². The van der Waals surface area contributed by atoms with Crippen molar-refractivity contribution in [2.75, 3.05) is 6.54 Å². The summed E-state index contributed by atoms with van der Waals surface area (Å²) < 4.78 is 0. The van der Waals surface area contributed by atoms with Crippen molar-refractivity contribution in [3.8, 4) is 0 Å². The van der Waals surface area contributed by atoms with E-state index in [9.17, 15) is 0 Å². The van der Waals surface area contributed by atoms with Crippen LogP contribution >= 0.6 is 0 Å². The van der Waals surface area contributed by atoms with Crippen LogP contribution in [0.15, 0.2) is 24.3 Å². The molecule has 0 bridgehead atoms. The molecule has 0 amide bonds. The van der Waals surface area contributed by atoms with Crippen LogP contribution in [0.25, 0.3) is 0 Å². The molecule has 1 heteroatoms. The summed E-state index contributed by atoms with van der Waals surface area (Å²) in [5.74, 6) is 0.960. The van der Waals surface area contributed by atoms with Crippen LogP contribution < -0.4 is 5.32 Å². The van der Waals surface area contributed by atoms with Crippen LogP contribution in [0.4, 0.5) is 0 Å². The summed E-state index contributed by atoms with van der Waals surface area (Å²) in [7, 11) is 0. The Morgan fingerprint density at radius 2 is 2.21 bits per heavy atom. The molecule has 1 aromatic rings. The van der Waals surface area contributed by atoms with Gasteiger partial charge in [0, 0.05) is 6.04 Å². The topological polar surface area (TPSA) is 12.0 Å². The first-order chi connectivity index (χ1) is 6.75. The normalized spacial score (nSPS) is 18.1. The van der Waals surface area contributed by atoms with E-state index in [1.807, 2.05) is 0 Å². The van der Waals surface area contributed by atoms with Gasteiger partial charge in [0.1, 0.15) is 0 Å². The second-order valence-corrected chi connectivity index (χ2v) is 4.49. The minimum atomic E-state index is 0.496. The van der Waals surface area contributed by atoms with E-state index in [0.29, 0.717) is 6.04 Å². The largest absolute Gasteiger partial charge is 0.310 e. The van der Waals surface area contributed by atoms with Gasteiger partial charge >= 0.3 is 0 Å². The van der Waals surface area contributed by atoms with Gasteiger partial charge in [-0.2, -0.15) is 0 Å². The van der Waals surface area contributed by atoms with Crippen LogP contribution in [0, 0.1) is 12.8 Å². The second-order valence-electron chi connectivity index (χ2n) is 4.49. The van der Waals surface area contributed by atoms with E-state index >= 15 is 0 Å².